The van der Waals surface area contributed by atoms with E-state index in [1.807, 2.05) is 28.8 Å². The Kier molecular flexibility index (Phi) is 5.64. The Morgan fingerprint density at radius 2 is 2.05 bits per heavy atom. The van der Waals surface area contributed by atoms with Crippen LogP contribution >= 0.6 is 23.4 Å². The topological polar surface area (TPSA) is 68.0 Å². The van der Waals surface area contributed by atoms with Gasteiger partial charge in [0.2, 0.25) is 0 Å². The van der Waals surface area contributed by atoms with Gasteiger partial charge in [0.1, 0.15) is 5.82 Å². The Morgan fingerprint density at radius 1 is 1.33 bits per heavy atom. The Bertz CT molecular complexity index is 613. The van der Waals surface area contributed by atoms with Gasteiger partial charge in [-0.2, -0.15) is 0 Å². The molecule has 0 aliphatic rings. The number of hydrogen-bond donors (Lipinski definition) is 1. The summed E-state index contributed by atoms with van der Waals surface area (Å²) in [5.41, 5.74) is 1.08. The standard InChI is InChI=1S/C14H16ClN3O2S/c1-2-3-12-16-17-14(21-9-13(19)20)18(12)8-10-4-6-11(15)7-5-10/h4-7H,2-3,8-9H2,1H3,(H,19,20). The number of thioether (sulfide) groups is 1. The zero-order valence-electron chi connectivity index (χ0n) is 11.6. The summed E-state index contributed by atoms with van der Waals surface area (Å²) >= 11 is 7.08. The van der Waals surface area contributed by atoms with Crippen LogP contribution in [0.25, 0.3) is 0 Å². The third-order valence-corrected chi connectivity index (χ3v) is 4.05. The van der Waals surface area contributed by atoms with Gasteiger partial charge in [0.05, 0.1) is 12.3 Å². The van der Waals surface area contributed by atoms with Gasteiger partial charge in [-0.15, -0.1) is 10.2 Å². The second kappa shape index (κ2) is 7.47. The second-order valence-corrected chi connectivity index (χ2v) is 5.92. The number of aryl methyl sites for hydroxylation is 1. The van der Waals surface area contributed by atoms with Gasteiger partial charge in [0.15, 0.2) is 5.16 Å². The van der Waals surface area contributed by atoms with E-state index >= 15 is 0 Å². The Balaban J connectivity index is 2.22. The van der Waals surface area contributed by atoms with Gasteiger partial charge in [-0.3, -0.25) is 4.79 Å². The molecular formula is C14H16ClN3O2S. The molecule has 0 atom stereocenters. The Labute approximate surface area is 132 Å². The molecular weight excluding hydrogens is 310 g/mol. The zero-order chi connectivity index (χ0) is 15.2. The normalized spacial score (nSPS) is 10.8. The fourth-order valence-corrected chi connectivity index (χ4v) is 2.69. The van der Waals surface area contributed by atoms with Crippen molar-refractivity contribution >= 4 is 29.3 Å². The number of carbonyl (C=O) groups is 1. The van der Waals surface area contributed by atoms with E-state index in [0.717, 1.165) is 24.2 Å². The van der Waals surface area contributed by atoms with Gasteiger partial charge in [-0.25, -0.2) is 0 Å². The maximum Gasteiger partial charge on any atom is 0.313 e. The van der Waals surface area contributed by atoms with Crippen LogP contribution in [-0.2, 0) is 17.8 Å². The molecule has 1 aromatic heterocycles. The molecule has 0 radical (unpaired) electrons. The molecule has 1 N–H and O–H groups in total. The number of nitrogens with zero attached hydrogens (tertiary/aromatic N) is 3. The molecule has 0 spiro atoms. The van der Waals surface area contributed by atoms with Crippen LogP contribution < -0.4 is 0 Å². The molecule has 5 nitrogen and oxygen atoms in total. The first kappa shape index (κ1) is 15.9. The molecule has 0 bridgehead atoms. The van der Waals surface area contributed by atoms with E-state index in [-0.39, 0.29) is 5.75 Å². The third-order valence-electron chi connectivity index (χ3n) is 2.85. The van der Waals surface area contributed by atoms with Crippen molar-refractivity contribution in [1.29, 1.82) is 0 Å². The summed E-state index contributed by atoms with van der Waals surface area (Å²) in [6.45, 7) is 2.69. The molecule has 0 aliphatic heterocycles. The number of rotatable bonds is 7. The van der Waals surface area contributed by atoms with Gasteiger partial charge in [0, 0.05) is 11.4 Å². The van der Waals surface area contributed by atoms with E-state index < -0.39 is 5.97 Å². The SMILES string of the molecule is CCCc1nnc(SCC(=O)O)n1Cc1ccc(Cl)cc1. The summed E-state index contributed by atoms with van der Waals surface area (Å²) < 4.78 is 1.97. The lowest BCUT2D eigenvalue weighted by Gasteiger charge is -2.09. The molecule has 112 valence electrons. The van der Waals surface area contributed by atoms with E-state index in [0.29, 0.717) is 16.7 Å². The molecule has 0 fully saturated rings. The lowest BCUT2D eigenvalue weighted by molar-refractivity contribution is -0.133. The summed E-state index contributed by atoms with van der Waals surface area (Å²) in [7, 11) is 0. The molecule has 7 heteroatoms. The van der Waals surface area contributed by atoms with Crippen molar-refractivity contribution in [3.05, 3.63) is 40.7 Å². The molecule has 0 amide bonds. The van der Waals surface area contributed by atoms with Crippen LogP contribution in [0.15, 0.2) is 29.4 Å². The number of carboxylic acids is 1. The molecule has 2 aromatic rings. The van der Waals surface area contributed by atoms with E-state index in [4.69, 9.17) is 16.7 Å². The van der Waals surface area contributed by atoms with Crippen molar-refractivity contribution in [2.24, 2.45) is 0 Å². The van der Waals surface area contributed by atoms with E-state index in [1.54, 1.807) is 0 Å². The highest BCUT2D eigenvalue weighted by Gasteiger charge is 2.13. The summed E-state index contributed by atoms with van der Waals surface area (Å²) in [5.74, 6) is -0.0105. The molecule has 0 unspecified atom stereocenters. The number of benzene rings is 1. The van der Waals surface area contributed by atoms with Crippen LogP contribution in [-0.4, -0.2) is 31.6 Å². The number of halogens is 1. The van der Waals surface area contributed by atoms with E-state index in [9.17, 15) is 4.79 Å². The molecule has 1 aromatic carbocycles. The fourth-order valence-electron chi connectivity index (χ4n) is 1.89. The fraction of sp³-hybridized carbons (Fsp3) is 0.357. The van der Waals surface area contributed by atoms with Crippen molar-refractivity contribution in [3.63, 3.8) is 0 Å². The van der Waals surface area contributed by atoms with Crippen molar-refractivity contribution in [2.45, 2.75) is 31.5 Å². The average Bonchev–Trinajstić information content (AvgIpc) is 2.82. The summed E-state index contributed by atoms with van der Waals surface area (Å²) in [6, 6.07) is 7.57. The van der Waals surface area contributed by atoms with Gasteiger partial charge < -0.3 is 9.67 Å². The van der Waals surface area contributed by atoms with Gasteiger partial charge in [0.25, 0.3) is 0 Å². The number of carboxylic acid groups (broad SMARTS) is 1. The smallest absolute Gasteiger partial charge is 0.313 e. The predicted molar refractivity (Wildman–Crippen MR) is 82.9 cm³/mol. The lowest BCUT2D eigenvalue weighted by atomic mass is 10.2. The highest BCUT2D eigenvalue weighted by Crippen LogP contribution is 2.20. The van der Waals surface area contributed by atoms with Crippen molar-refractivity contribution < 1.29 is 9.90 Å². The van der Waals surface area contributed by atoms with Crippen LogP contribution in [0.2, 0.25) is 5.02 Å². The summed E-state index contributed by atoms with van der Waals surface area (Å²) in [4.78, 5) is 10.7. The first-order valence-corrected chi connectivity index (χ1v) is 7.97. The number of hydrogen-bond acceptors (Lipinski definition) is 4. The van der Waals surface area contributed by atoms with Crippen LogP contribution in [0, 0.1) is 0 Å². The maximum atomic E-state index is 10.7. The second-order valence-electron chi connectivity index (χ2n) is 4.54. The quantitative estimate of drug-likeness (QED) is 0.792. The molecule has 2 rings (SSSR count). The molecule has 1 heterocycles. The molecule has 0 saturated carbocycles. The van der Waals surface area contributed by atoms with Gasteiger partial charge >= 0.3 is 5.97 Å². The first-order valence-electron chi connectivity index (χ1n) is 6.61. The van der Waals surface area contributed by atoms with Gasteiger partial charge in [-0.1, -0.05) is 42.4 Å². The van der Waals surface area contributed by atoms with Crippen molar-refractivity contribution in [1.82, 2.24) is 14.8 Å². The Morgan fingerprint density at radius 3 is 2.67 bits per heavy atom. The van der Waals surface area contributed by atoms with Crippen LogP contribution in [0.4, 0.5) is 0 Å². The minimum atomic E-state index is -0.863. The lowest BCUT2D eigenvalue weighted by Crippen LogP contribution is -2.08. The highest BCUT2D eigenvalue weighted by molar-refractivity contribution is 7.99. The first-order chi connectivity index (χ1) is 10.1. The summed E-state index contributed by atoms with van der Waals surface area (Å²) in [5, 5.41) is 18.4. The molecule has 0 aliphatic carbocycles. The number of aromatic nitrogens is 3. The molecule has 21 heavy (non-hydrogen) atoms. The number of aliphatic carboxylic acids is 1. The third kappa shape index (κ3) is 4.47. The Hall–Kier alpha value is -1.53. The maximum absolute atomic E-state index is 10.7. The largest absolute Gasteiger partial charge is 0.481 e. The van der Waals surface area contributed by atoms with Crippen LogP contribution in [0.5, 0.6) is 0 Å². The van der Waals surface area contributed by atoms with Crippen LogP contribution in [0.1, 0.15) is 24.7 Å². The minimum absolute atomic E-state index is 0.0229. The highest BCUT2D eigenvalue weighted by atomic mass is 35.5. The summed E-state index contributed by atoms with van der Waals surface area (Å²) in [6.07, 6.45) is 1.77. The van der Waals surface area contributed by atoms with Crippen molar-refractivity contribution in [2.75, 3.05) is 5.75 Å². The van der Waals surface area contributed by atoms with Gasteiger partial charge in [-0.05, 0) is 24.1 Å². The van der Waals surface area contributed by atoms with Crippen LogP contribution in [0.3, 0.4) is 0 Å². The minimum Gasteiger partial charge on any atom is -0.481 e. The van der Waals surface area contributed by atoms with E-state index in [1.165, 1.54) is 11.8 Å². The average molecular weight is 326 g/mol. The monoisotopic (exact) mass is 325 g/mol. The zero-order valence-corrected chi connectivity index (χ0v) is 13.2. The predicted octanol–water partition coefficient (Wildman–Crippen LogP) is 3.11. The van der Waals surface area contributed by atoms with E-state index in [2.05, 4.69) is 17.1 Å². The van der Waals surface area contributed by atoms with Crippen molar-refractivity contribution in [3.8, 4) is 0 Å². The molecule has 0 saturated heterocycles.